The van der Waals surface area contributed by atoms with E-state index in [9.17, 15) is 0 Å². The van der Waals surface area contributed by atoms with Crippen LogP contribution < -0.4 is 4.90 Å². The van der Waals surface area contributed by atoms with Crippen LogP contribution in [0.1, 0.15) is 12.8 Å². The Kier molecular flexibility index (Phi) is 3.03. The van der Waals surface area contributed by atoms with Gasteiger partial charge >= 0.3 is 0 Å². The lowest BCUT2D eigenvalue weighted by molar-refractivity contribution is 0.907. The first-order chi connectivity index (χ1) is 10.4. The summed E-state index contributed by atoms with van der Waals surface area (Å²) < 4.78 is 0. The fourth-order valence-electron chi connectivity index (χ4n) is 3.06. The minimum absolute atomic E-state index is 0.967. The van der Waals surface area contributed by atoms with Crippen LogP contribution in [0.3, 0.4) is 0 Å². The molecular formula is C18H17N3. The fraction of sp³-hybridized carbons (Fsp3) is 0.222. The summed E-state index contributed by atoms with van der Waals surface area (Å²) in [5, 5.41) is 11.5. The Hall–Kier alpha value is -2.42. The minimum Gasteiger partial charge on any atom is -0.355 e. The highest BCUT2D eigenvalue weighted by Crippen LogP contribution is 2.32. The quantitative estimate of drug-likeness (QED) is 0.710. The van der Waals surface area contributed by atoms with Gasteiger partial charge in [0, 0.05) is 29.4 Å². The summed E-state index contributed by atoms with van der Waals surface area (Å²) in [7, 11) is 0. The molecule has 0 unspecified atom stereocenters. The van der Waals surface area contributed by atoms with Gasteiger partial charge in [-0.15, -0.1) is 10.2 Å². The van der Waals surface area contributed by atoms with Crippen LogP contribution in [0.2, 0.25) is 0 Å². The second-order valence-electron chi connectivity index (χ2n) is 5.48. The monoisotopic (exact) mass is 275 g/mol. The maximum absolute atomic E-state index is 4.54. The van der Waals surface area contributed by atoms with Gasteiger partial charge in [-0.2, -0.15) is 0 Å². The highest BCUT2D eigenvalue weighted by Gasteiger charge is 2.18. The highest BCUT2D eigenvalue weighted by atomic mass is 15.3. The van der Waals surface area contributed by atoms with E-state index in [2.05, 4.69) is 51.5 Å². The Bertz CT molecular complexity index is 762. The third kappa shape index (κ3) is 2.15. The predicted molar refractivity (Wildman–Crippen MR) is 86.4 cm³/mol. The first-order valence-electron chi connectivity index (χ1n) is 7.49. The number of anilines is 1. The van der Waals surface area contributed by atoms with Crippen molar-refractivity contribution in [3.05, 3.63) is 54.6 Å². The molecule has 21 heavy (non-hydrogen) atoms. The Labute approximate surface area is 124 Å². The van der Waals surface area contributed by atoms with E-state index in [0.29, 0.717) is 0 Å². The summed E-state index contributed by atoms with van der Waals surface area (Å²) in [4.78, 5) is 2.35. The molecular weight excluding hydrogens is 258 g/mol. The number of benzene rings is 2. The summed E-state index contributed by atoms with van der Waals surface area (Å²) >= 11 is 0. The molecule has 0 atom stereocenters. The molecule has 3 heteroatoms. The van der Waals surface area contributed by atoms with Gasteiger partial charge in [0.05, 0.1) is 0 Å². The number of fused-ring (bicyclic) bond motifs is 1. The van der Waals surface area contributed by atoms with Crippen LogP contribution in [-0.4, -0.2) is 23.3 Å². The van der Waals surface area contributed by atoms with Crippen molar-refractivity contribution in [3.8, 4) is 11.3 Å². The zero-order chi connectivity index (χ0) is 14.1. The Balaban J connectivity index is 1.93. The Morgan fingerprint density at radius 3 is 2.14 bits per heavy atom. The van der Waals surface area contributed by atoms with Crippen LogP contribution in [0.25, 0.3) is 22.0 Å². The summed E-state index contributed by atoms with van der Waals surface area (Å²) in [6.07, 6.45) is 2.49. The smallest absolute Gasteiger partial charge is 0.159 e. The maximum Gasteiger partial charge on any atom is 0.159 e. The van der Waals surface area contributed by atoms with E-state index in [4.69, 9.17) is 0 Å². The molecule has 1 aliphatic rings. The summed E-state index contributed by atoms with van der Waals surface area (Å²) in [5.41, 5.74) is 2.09. The van der Waals surface area contributed by atoms with Crippen molar-refractivity contribution in [1.82, 2.24) is 10.2 Å². The van der Waals surface area contributed by atoms with Crippen LogP contribution in [0, 0.1) is 0 Å². The molecule has 4 rings (SSSR count). The molecule has 0 radical (unpaired) electrons. The molecule has 3 nitrogen and oxygen atoms in total. The lowest BCUT2D eigenvalue weighted by Crippen LogP contribution is -2.20. The van der Waals surface area contributed by atoms with Gasteiger partial charge in [0.15, 0.2) is 5.82 Å². The maximum atomic E-state index is 4.54. The predicted octanol–water partition coefficient (Wildman–Crippen LogP) is 3.90. The van der Waals surface area contributed by atoms with E-state index in [0.717, 1.165) is 30.2 Å². The molecule has 3 aromatic rings. The van der Waals surface area contributed by atoms with Gasteiger partial charge in [0.2, 0.25) is 0 Å². The average Bonchev–Trinajstić information content (AvgIpc) is 3.09. The van der Waals surface area contributed by atoms with Crippen LogP contribution in [0.5, 0.6) is 0 Å². The van der Waals surface area contributed by atoms with Crippen LogP contribution in [-0.2, 0) is 0 Å². The number of rotatable bonds is 2. The van der Waals surface area contributed by atoms with Crippen molar-refractivity contribution < 1.29 is 0 Å². The number of aromatic nitrogens is 2. The molecule has 1 saturated heterocycles. The average molecular weight is 275 g/mol. The van der Waals surface area contributed by atoms with E-state index in [1.54, 1.807) is 0 Å². The van der Waals surface area contributed by atoms with Gasteiger partial charge < -0.3 is 4.90 Å². The zero-order valence-corrected chi connectivity index (χ0v) is 11.9. The van der Waals surface area contributed by atoms with Gasteiger partial charge in [-0.25, -0.2) is 0 Å². The highest BCUT2D eigenvalue weighted by molar-refractivity contribution is 6.00. The van der Waals surface area contributed by atoms with E-state index in [1.807, 2.05) is 18.2 Å². The summed E-state index contributed by atoms with van der Waals surface area (Å²) in [5.74, 6) is 1.03. The van der Waals surface area contributed by atoms with Crippen LogP contribution in [0.15, 0.2) is 54.6 Å². The molecule has 2 aromatic carbocycles. The topological polar surface area (TPSA) is 29.0 Å². The molecule has 0 aliphatic carbocycles. The standard InChI is InChI=1S/C18H17N3/c1-2-8-14(9-3-1)17-15-10-4-5-11-16(15)18(20-19-17)21-12-6-7-13-21/h1-5,8-11H,6-7,12-13H2. The van der Waals surface area contributed by atoms with Gasteiger partial charge in [0.25, 0.3) is 0 Å². The molecule has 0 amide bonds. The first-order valence-corrected chi connectivity index (χ1v) is 7.49. The molecule has 0 spiro atoms. The van der Waals surface area contributed by atoms with Gasteiger partial charge in [-0.1, -0.05) is 54.6 Å². The van der Waals surface area contributed by atoms with Crippen molar-refractivity contribution >= 4 is 16.6 Å². The van der Waals surface area contributed by atoms with Gasteiger partial charge in [-0.3, -0.25) is 0 Å². The fourth-order valence-corrected chi connectivity index (χ4v) is 3.06. The molecule has 0 bridgehead atoms. The van der Waals surface area contributed by atoms with Crippen LogP contribution >= 0.6 is 0 Å². The summed E-state index contributed by atoms with van der Waals surface area (Å²) in [6.45, 7) is 2.17. The van der Waals surface area contributed by atoms with E-state index >= 15 is 0 Å². The second kappa shape index (κ2) is 5.17. The van der Waals surface area contributed by atoms with Crippen molar-refractivity contribution in [2.24, 2.45) is 0 Å². The molecule has 1 fully saturated rings. The lowest BCUT2D eigenvalue weighted by Gasteiger charge is -2.18. The zero-order valence-electron chi connectivity index (χ0n) is 11.9. The van der Waals surface area contributed by atoms with E-state index in [-0.39, 0.29) is 0 Å². The normalized spacial score (nSPS) is 14.8. The molecule has 1 aliphatic heterocycles. The molecule has 0 saturated carbocycles. The minimum atomic E-state index is 0.967. The Morgan fingerprint density at radius 1 is 0.714 bits per heavy atom. The molecule has 2 heterocycles. The van der Waals surface area contributed by atoms with Crippen molar-refractivity contribution in [3.63, 3.8) is 0 Å². The largest absolute Gasteiger partial charge is 0.355 e. The van der Waals surface area contributed by atoms with Gasteiger partial charge in [0.1, 0.15) is 5.69 Å². The van der Waals surface area contributed by atoms with Crippen molar-refractivity contribution in [2.75, 3.05) is 18.0 Å². The number of nitrogens with zero attached hydrogens (tertiary/aromatic N) is 3. The second-order valence-corrected chi connectivity index (χ2v) is 5.48. The molecule has 0 N–H and O–H groups in total. The third-order valence-corrected chi connectivity index (χ3v) is 4.12. The first kappa shape index (κ1) is 12.3. The Morgan fingerprint density at radius 2 is 1.38 bits per heavy atom. The van der Waals surface area contributed by atoms with Crippen molar-refractivity contribution in [1.29, 1.82) is 0 Å². The van der Waals surface area contributed by atoms with Gasteiger partial charge in [-0.05, 0) is 12.8 Å². The van der Waals surface area contributed by atoms with Crippen LogP contribution in [0.4, 0.5) is 5.82 Å². The lowest BCUT2D eigenvalue weighted by atomic mass is 10.0. The van der Waals surface area contributed by atoms with E-state index < -0.39 is 0 Å². The SMILES string of the molecule is c1ccc(-c2nnc(N3CCCC3)c3ccccc23)cc1. The van der Waals surface area contributed by atoms with E-state index in [1.165, 1.54) is 23.6 Å². The third-order valence-electron chi connectivity index (χ3n) is 4.12. The van der Waals surface area contributed by atoms with Crippen molar-refractivity contribution in [2.45, 2.75) is 12.8 Å². The molecule has 1 aromatic heterocycles. The molecule has 104 valence electrons. The summed E-state index contributed by atoms with van der Waals surface area (Å²) in [6, 6.07) is 18.7. The number of hydrogen-bond donors (Lipinski definition) is 0. The number of hydrogen-bond acceptors (Lipinski definition) is 3.